The molecule has 2 amide bonds. The van der Waals surface area contributed by atoms with Crippen molar-refractivity contribution < 1.29 is 14.7 Å². The molecule has 0 aliphatic carbocycles. The Bertz CT molecular complexity index is 1600. The monoisotopic (exact) mass is 624 g/mol. The van der Waals surface area contributed by atoms with Crippen molar-refractivity contribution in [1.29, 1.82) is 0 Å². The minimum atomic E-state index is -0.836. The predicted molar refractivity (Wildman–Crippen MR) is 181 cm³/mol. The fourth-order valence-electron chi connectivity index (χ4n) is 5.81. The number of carbonyl (C=O) groups excluding carboxylic acids is 2. The third-order valence-corrected chi connectivity index (χ3v) is 9.43. The van der Waals surface area contributed by atoms with Crippen LogP contribution >= 0.6 is 11.3 Å². The molecule has 0 unspecified atom stereocenters. The largest absolute Gasteiger partial charge is 0.390 e. The van der Waals surface area contributed by atoms with Crippen LogP contribution in [0.5, 0.6) is 0 Å². The number of aliphatic hydroxyl groups excluding tert-OH is 1. The number of likely N-dealkylation sites (tertiary alicyclic amines) is 1. The number of carbonyl (C=O) groups is 2. The van der Waals surface area contributed by atoms with Gasteiger partial charge in [-0.05, 0) is 66.5 Å². The molecule has 3 N–H and O–H groups in total. The number of aryl methyl sites for hydroxylation is 1. The van der Waals surface area contributed by atoms with E-state index in [9.17, 15) is 14.7 Å². The van der Waals surface area contributed by atoms with Gasteiger partial charge < -0.3 is 20.6 Å². The minimum Gasteiger partial charge on any atom is -0.390 e. The van der Waals surface area contributed by atoms with E-state index in [1.165, 1.54) is 5.56 Å². The molecule has 1 aromatic heterocycles. The molecule has 4 aromatic rings. The number of hydrogen-bond acceptors (Lipinski definition) is 6. The van der Waals surface area contributed by atoms with Crippen molar-refractivity contribution in [2.24, 2.45) is 0 Å². The first-order valence-electron chi connectivity index (χ1n) is 15.7. The minimum absolute atomic E-state index is 0.0393. The van der Waals surface area contributed by atoms with Crippen LogP contribution in [-0.4, -0.2) is 52.0 Å². The fraction of sp³-hybridized carbons (Fsp3) is 0.378. The van der Waals surface area contributed by atoms with Crippen molar-refractivity contribution >= 4 is 23.2 Å². The molecule has 1 fully saturated rings. The summed E-state index contributed by atoms with van der Waals surface area (Å²) < 4.78 is 0. The summed E-state index contributed by atoms with van der Waals surface area (Å²) in [6.45, 7) is 10.1. The van der Waals surface area contributed by atoms with Gasteiger partial charge in [0.1, 0.15) is 5.01 Å². The van der Waals surface area contributed by atoms with Gasteiger partial charge >= 0.3 is 0 Å². The van der Waals surface area contributed by atoms with Crippen molar-refractivity contribution in [3.05, 3.63) is 123 Å². The Labute approximate surface area is 270 Å². The summed E-state index contributed by atoms with van der Waals surface area (Å²) >= 11 is 1.59. The third kappa shape index (κ3) is 8.45. The van der Waals surface area contributed by atoms with Crippen LogP contribution in [0.4, 0.5) is 0 Å². The molecule has 5 rings (SSSR count). The highest BCUT2D eigenvalue weighted by Gasteiger charge is 2.33. The standard InChI is InChI=1S/C37H44N4O3S/c1-25-24-45-35(39-25)32-17-10-18-41(32)36(44)29-15-9-14-28(21-29)34(43)40-31(20-26-11-6-5-7-12-26)33(42)23-38-22-27-13-8-16-30(19-27)37(2,3)4/h5-9,11-16,19,21,24,31-33,38,42H,10,17-18,20,22-23H2,1-4H3,(H,40,43)/t31-,32+,33+/m0/s1. The van der Waals surface area contributed by atoms with Crippen LogP contribution in [0.1, 0.15) is 87.8 Å². The van der Waals surface area contributed by atoms with Crippen LogP contribution in [0.15, 0.2) is 84.2 Å². The highest BCUT2D eigenvalue weighted by atomic mass is 32.1. The lowest BCUT2D eigenvalue weighted by Crippen LogP contribution is -2.48. The zero-order chi connectivity index (χ0) is 32.0. The Morgan fingerprint density at radius 2 is 1.73 bits per heavy atom. The summed E-state index contributed by atoms with van der Waals surface area (Å²) in [7, 11) is 0. The maximum Gasteiger partial charge on any atom is 0.254 e. The summed E-state index contributed by atoms with van der Waals surface area (Å²) in [5, 5.41) is 20.7. The Morgan fingerprint density at radius 1 is 1.00 bits per heavy atom. The lowest BCUT2D eigenvalue weighted by atomic mass is 9.86. The molecular weight excluding hydrogens is 580 g/mol. The highest BCUT2D eigenvalue weighted by molar-refractivity contribution is 7.09. The SMILES string of the molecule is Cc1csc([C@H]2CCCN2C(=O)c2cccc(C(=O)N[C@@H](Cc3ccccc3)[C@H](O)CNCc3cccc(C(C)(C)C)c3)c2)n1. The van der Waals surface area contributed by atoms with E-state index >= 15 is 0 Å². The molecule has 45 heavy (non-hydrogen) atoms. The second-order valence-electron chi connectivity index (χ2n) is 13.0. The molecule has 0 saturated carbocycles. The molecule has 3 atom stereocenters. The van der Waals surface area contributed by atoms with Crippen molar-refractivity contribution in [2.75, 3.05) is 13.1 Å². The Hall–Kier alpha value is -3.85. The molecule has 7 nitrogen and oxygen atoms in total. The van der Waals surface area contributed by atoms with Crippen molar-refractivity contribution in [3.8, 4) is 0 Å². The quantitative estimate of drug-likeness (QED) is 0.184. The van der Waals surface area contributed by atoms with Crippen LogP contribution in [0.2, 0.25) is 0 Å². The van der Waals surface area contributed by atoms with E-state index in [1.54, 1.807) is 35.6 Å². The van der Waals surface area contributed by atoms with E-state index in [0.717, 1.165) is 34.7 Å². The normalized spacial score (nSPS) is 16.4. The Morgan fingerprint density at radius 3 is 2.47 bits per heavy atom. The van der Waals surface area contributed by atoms with Gasteiger partial charge in [-0.3, -0.25) is 9.59 Å². The van der Waals surface area contributed by atoms with Gasteiger partial charge in [0, 0.05) is 41.8 Å². The van der Waals surface area contributed by atoms with Crippen molar-refractivity contribution in [3.63, 3.8) is 0 Å². The number of nitrogens with one attached hydrogen (secondary N) is 2. The maximum absolute atomic E-state index is 13.6. The van der Waals surface area contributed by atoms with Crippen LogP contribution in [-0.2, 0) is 18.4 Å². The zero-order valence-electron chi connectivity index (χ0n) is 26.6. The van der Waals surface area contributed by atoms with Crippen molar-refractivity contribution in [2.45, 2.75) is 77.1 Å². The van der Waals surface area contributed by atoms with E-state index in [1.807, 2.05) is 47.5 Å². The van der Waals surface area contributed by atoms with Crippen molar-refractivity contribution in [1.82, 2.24) is 20.5 Å². The number of aliphatic hydroxyl groups is 1. The van der Waals surface area contributed by atoms with Gasteiger partial charge in [-0.1, -0.05) is 81.4 Å². The van der Waals surface area contributed by atoms with E-state index in [0.29, 0.717) is 37.2 Å². The van der Waals surface area contributed by atoms with Gasteiger partial charge in [0.2, 0.25) is 0 Å². The van der Waals surface area contributed by atoms with E-state index < -0.39 is 12.1 Å². The summed E-state index contributed by atoms with van der Waals surface area (Å²) in [4.78, 5) is 33.7. The van der Waals surface area contributed by atoms with E-state index in [-0.39, 0.29) is 23.3 Å². The second-order valence-corrected chi connectivity index (χ2v) is 13.9. The summed E-state index contributed by atoms with van der Waals surface area (Å²) in [6.07, 6.45) is 1.44. The Balaban J connectivity index is 1.26. The fourth-order valence-corrected chi connectivity index (χ4v) is 6.75. The lowest BCUT2D eigenvalue weighted by molar-refractivity contribution is 0.0735. The Kier molecular flexibility index (Phi) is 10.5. The maximum atomic E-state index is 13.6. The zero-order valence-corrected chi connectivity index (χ0v) is 27.4. The van der Waals surface area contributed by atoms with Crippen LogP contribution in [0.3, 0.4) is 0 Å². The predicted octanol–water partition coefficient (Wildman–Crippen LogP) is 6.22. The molecule has 236 valence electrons. The number of amides is 2. The average Bonchev–Trinajstić information content (AvgIpc) is 3.70. The third-order valence-electron chi connectivity index (χ3n) is 8.36. The number of benzene rings is 3. The molecular formula is C37H44N4O3S. The second kappa shape index (κ2) is 14.5. The number of hydrogen-bond donors (Lipinski definition) is 3. The lowest BCUT2D eigenvalue weighted by Gasteiger charge is -2.26. The van der Waals surface area contributed by atoms with Gasteiger partial charge in [0.25, 0.3) is 11.8 Å². The molecule has 1 aliphatic heterocycles. The van der Waals surface area contributed by atoms with Crippen LogP contribution < -0.4 is 10.6 Å². The molecule has 8 heteroatoms. The smallest absolute Gasteiger partial charge is 0.254 e. The van der Waals surface area contributed by atoms with Gasteiger partial charge in [-0.25, -0.2) is 4.98 Å². The topological polar surface area (TPSA) is 94.6 Å². The van der Waals surface area contributed by atoms with E-state index in [4.69, 9.17) is 0 Å². The van der Waals surface area contributed by atoms with E-state index in [2.05, 4.69) is 60.7 Å². The van der Waals surface area contributed by atoms with Gasteiger partial charge in [-0.15, -0.1) is 11.3 Å². The first-order valence-corrected chi connectivity index (χ1v) is 16.6. The molecule has 3 aromatic carbocycles. The molecule has 0 radical (unpaired) electrons. The summed E-state index contributed by atoms with van der Waals surface area (Å²) in [6, 6.07) is 24.6. The molecule has 0 spiro atoms. The van der Waals surface area contributed by atoms with Gasteiger partial charge in [0.05, 0.1) is 18.2 Å². The highest BCUT2D eigenvalue weighted by Crippen LogP contribution is 2.35. The van der Waals surface area contributed by atoms with Crippen LogP contribution in [0.25, 0.3) is 0 Å². The van der Waals surface area contributed by atoms with Gasteiger partial charge in [0.15, 0.2) is 0 Å². The summed E-state index contributed by atoms with van der Waals surface area (Å²) in [5.41, 5.74) is 5.30. The number of nitrogens with zero attached hydrogens (tertiary/aromatic N) is 2. The summed E-state index contributed by atoms with van der Waals surface area (Å²) in [5.74, 6) is -0.420. The number of aromatic nitrogens is 1. The van der Waals surface area contributed by atoms with Gasteiger partial charge in [-0.2, -0.15) is 0 Å². The molecule has 1 aliphatic rings. The first kappa shape index (κ1) is 32.5. The number of thiazole rings is 1. The molecule has 2 heterocycles. The average molecular weight is 625 g/mol. The molecule has 0 bridgehead atoms. The number of rotatable bonds is 11. The van der Waals surface area contributed by atoms with Crippen LogP contribution in [0, 0.1) is 6.92 Å². The first-order chi connectivity index (χ1) is 21.6. The molecule has 1 saturated heterocycles.